The van der Waals surface area contributed by atoms with Crippen LogP contribution < -0.4 is 5.32 Å². The molecule has 1 aromatic carbocycles. The van der Waals surface area contributed by atoms with Crippen LogP contribution in [0.25, 0.3) is 10.2 Å². The first-order chi connectivity index (χ1) is 11.8. The van der Waals surface area contributed by atoms with Crippen molar-refractivity contribution in [3.05, 3.63) is 23.8 Å². The van der Waals surface area contributed by atoms with Gasteiger partial charge < -0.3 is 15.1 Å². The Bertz CT molecular complexity index is 707. The normalized spacial score (nSPS) is 18.6. The first kappa shape index (κ1) is 18.4. The standard InChI is InChI=1S/C17H23F3N4S/c1-12(5-6-24-9-7-23(2)8-10-24)21-16-22-14-11-13(17(18,19)20)3-4-15(14)25-16/h3-4,11-12H,5-10H2,1-2H3,(H,21,22). The summed E-state index contributed by atoms with van der Waals surface area (Å²) in [5.41, 5.74) is -0.256. The minimum atomic E-state index is -4.33. The Morgan fingerprint density at radius 2 is 1.96 bits per heavy atom. The number of benzene rings is 1. The summed E-state index contributed by atoms with van der Waals surface area (Å²) in [6.45, 7) is 7.48. The van der Waals surface area contributed by atoms with Crippen molar-refractivity contribution >= 4 is 26.7 Å². The molecule has 2 heterocycles. The van der Waals surface area contributed by atoms with Crippen LogP contribution in [0.2, 0.25) is 0 Å². The lowest BCUT2D eigenvalue weighted by molar-refractivity contribution is -0.137. The number of aromatic nitrogens is 1. The van der Waals surface area contributed by atoms with Crippen LogP contribution in [0, 0.1) is 0 Å². The van der Waals surface area contributed by atoms with Gasteiger partial charge in [-0.1, -0.05) is 11.3 Å². The molecule has 1 aromatic heterocycles. The van der Waals surface area contributed by atoms with Crippen LogP contribution >= 0.6 is 11.3 Å². The molecule has 1 saturated heterocycles. The smallest absolute Gasteiger partial charge is 0.359 e. The van der Waals surface area contributed by atoms with Crippen molar-refractivity contribution < 1.29 is 13.2 Å². The van der Waals surface area contributed by atoms with Crippen molar-refractivity contribution in [2.45, 2.75) is 25.6 Å². The summed E-state index contributed by atoms with van der Waals surface area (Å²) in [5, 5.41) is 4.01. The molecule has 0 spiro atoms. The van der Waals surface area contributed by atoms with Gasteiger partial charge in [0.2, 0.25) is 0 Å². The van der Waals surface area contributed by atoms with Crippen molar-refractivity contribution in [2.75, 3.05) is 45.1 Å². The second kappa shape index (κ2) is 7.47. The van der Waals surface area contributed by atoms with Crippen molar-refractivity contribution in [3.63, 3.8) is 0 Å². The van der Waals surface area contributed by atoms with Gasteiger partial charge in [-0.3, -0.25) is 0 Å². The van der Waals surface area contributed by atoms with Crippen LogP contribution in [0.15, 0.2) is 18.2 Å². The van der Waals surface area contributed by atoms with E-state index in [1.807, 2.05) is 0 Å². The first-order valence-corrected chi connectivity index (χ1v) is 9.28. The van der Waals surface area contributed by atoms with E-state index in [0.717, 1.165) is 56.0 Å². The predicted molar refractivity (Wildman–Crippen MR) is 96.3 cm³/mol. The number of likely N-dealkylation sites (N-methyl/N-ethyl adjacent to an activating group) is 1. The van der Waals surface area contributed by atoms with Gasteiger partial charge in [0, 0.05) is 38.8 Å². The number of rotatable bonds is 5. The highest BCUT2D eigenvalue weighted by Gasteiger charge is 2.30. The summed E-state index contributed by atoms with van der Waals surface area (Å²) in [7, 11) is 2.14. The number of alkyl halides is 3. The third kappa shape index (κ3) is 4.83. The lowest BCUT2D eigenvalue weighted by Gasteiger charge is -2.32. The summed E-state index contributed by atoms with van der Waals surface area (Å²) < 4.78 is 39.1. The maximum absolute atomic E-state index is 12.8. The van der Waals surface area contributed by atoms with Crippen molar-refractivity contribution in [2.24, 2.45) is 0 Å². The largest absolute Gasteiger partial charge is 0.416 e. The lowest BCUT2D eigenvalue weighted by Crippen LogP contribution is -2.45. The predicted octanol–water partition coefficient (Wildman–Crippen LogP) is 3.75. The number of thiazole rings is 1. The number of hydrogen-bond acceptors (Lipinski definition) is 5. The molecule has 4 nitrogen and oxygen atoms in total. The molecule has 25 heavy (non-hydrogen) atoms. The fourth-order valence-corrected chi connectivity index (χ4v) is 3.85. The van der Waals surface area contributed by atoms with Crippen molar-refractivity contribution in [3.8, 4) is 0 Å². The Morgan fingerprint density at radius 1 is 1.24 bits per heavy atom. The van der Waals surface area contributed by atoms with E-state index in [-0.39, 0.29) is 6.04 Å². The average Bonchev–Trinajstić information content (AvgIpc) is 2.94. The first-order valence-electron chi connectivity index (χ1n) is 8.46. The molecule has 0 aliphatic carbocycles. The number of hydrogen-bond donors (Lipinski definition) is 1. The topological polar surface area (TPSA) is 31.4 Å². The number of halogens is 3. The maximum Gasteiger partial charge on any atom is 0.416 e. The summed E-state index contributed by atoms with van der Waals surface area (Å²) in [5.74, 6) is 0. The summed E-state index contributed by atoms with van der Waals surface area (Å²) >= 11 is 1.40. The molecule has 0 saturated carbocycles. The summed E-state index contributed by atoms with van der Waals surface area (Å²) in [6, 6.07) is 3.95. The molecule has 2 aromatic rings. The molecular weight excluding hydrogens is 349 g/mol. The third-order valence-corrected chi connectivity index (χ3v) is 5.53. The van der Waals surface area contributed by atoms with E-state index in [1.165, 1.54) is 17.4 Å². The van der Waals surface area contributed by atoms with E-state index in [2.05, 4.69) is 34.1 Å². The Hall–Kier alpha value is -1.38. The van der Waals surface area contributed by atoms with Gasteiger partial charge in [-0.05, 0) is 38.6 Å². The Balaban J connectivity index is 1.56. The minimum Gasteiger partial charge on any atom is -0.359 e. The van der Waals surface area contributed by atoms with Crippen LogP contribution in [0.1, 0.15) is 18.9 Å². The molecule has 0 amide bonds. The van der Waals surface area contributed by atoms with Crippen molar-refractivity contribution in [1.29, 1.82) is 0 Å². The van der Waals surface area contributed by atoms with Gasteiger partial charge in [0.25, 0.3) is 0 Å². The summed E-state index contributed by atoms with van der Waals surface area (Å²) in [6.07, 6.45) is -3.35. The quantitative estimate of drug-likeness (QED) is 0.866. The minimum absolute atomic E-state index is 0.224. The van der Waals surface area contributed by atoms with Crippen LogP contribution in [0.4, 0.5) is 18.3 Å². The zero-order valence-electron chi connectivity index (χ0n) is 14.4. The van der Waals surface area contributed by atoms with E-state index >= 15 is 0 Å². The molecular formula is C17H23F3N4S. The molecule has 1 aliphatic rings. The van der Waals surface area contributed by atoms with Crippen LogP contribution in [0.5, 0.6) is 0 Å². The summed E-state index contributed by atoms with van der Waals surface area (Å²) in [4.78, 5) is 9.10. The van der Waals surface area contributed by atoms with E-state index in [0.29, 0.717) is 10.6 Å². The van der Waals surface area contributed by atoms with Gasteiger partial charge in [-0.2, -0.15) is 13.2 Å². The number of fused-ring (bicyclic) bond motifs is 1. The maximum atomic E-state index is 12.8. The second-order valence-electron chi connectivity index (χ2n) is 6.68. The highest BCUT2D eigenvalue weighted by molar-refractivity contribution is 7.22. The number of piperazine rings is 1. The molecule has 0 radical (unpaired) electrons. The molecule has 1 aliphatic heterocycles. The average molecular weight is 372 g/mol. The molecule has 8 heteroatoms. The zero-order valence-corrected chi connectivity index (χ0v) is 15.3. The van der Waals surface area contributed by atoms with Crippen LogP contribution in [-0.4, -0.2) is 60.6 Å². The molecule has 0 bridgehead atoms. The van der Waals surface area contributed by atoms with Crippen molar-refractivity contribution in [1.82, 2.24) is 14.8 Å². The highest BCUT2D eigenvalue weighted by atomic mass is 32.1. The number of nitrogens with zero attached hydrogens (tertiary/aromatic N) is 3. The fraction of sp³-hybridized carbons (Fsp3) is 0.588. The third-order valence-electron chi connectivity index (χ3n) is 4.56. The van der Waals surface area contributed by atoms with Crippen LogP contribution in [-0.2, 0) is 6.18 Å². The SMILES string of the molecule is CC(CCN1CCN(C)CC1)Nc1nc2cc(C(F)(F)F)ccc2s1. The van der Waals surface area contributed by atoms with Gasteiger partial charge in [0.15, 0.2) is 5.13 Å². The van der Waals surface area contributed by atoms with Crippen LogP contribution in [0.3, 0.4) is 0 Å². The molecule has 1 unspecified atom stereocenters. The monoisotopic (exact) mass is 372 g/mol. The van der Waals surface area contributed by atoms with Gasteiger partial charge in [0.05, 0.1) is 15.8 Å². The molecule has 1 atom stereocenters. The van der Waals surface area contributed by atoms with E-state index in [9.17, 15) is 13.2 Å². The van der Waals surface area contributed by atoms with Gasteiger partial charge in [-0.25, -0.2) is 4.98 Å². The fourth-order valence-electron chi connectivity index (χ4n) is 2.90. The van der Waals surface area contributed by atoms with Gasteiger partial charge in [-0.15, -0.1) is 0 Å². The number of anilines is 1. The Morgan fingerprint density at radius 3 is 2.64 bits per heavy atom. The Kier molecular flexibility index (Phi) is 5.50. The highest BCUT2D eigenvalue weighted by Crippen LogP contribution is 2.34. The molecule has 138 valence electrons. The second-order valence-corrected chi connectivity index (χ2v) is 7.71. The van der Waals surface area contributed by atoms with Gasteiger partial charge in [0.1, 0.15) is 0 Å². The van der Waals surface area contributed by atoms with E-state index in [1.54, 1.807) is 0 Å². The molecule has 1 fully saturated rings. The Labute approximate surface area is 149 Å². The number of nitrogens with one attached hydrogen (secondary N) is 1. The van der Waals surface area contributed by atoms with E-state index < -0.39 is 11.7 Å². The van der Waals surface area contributed by atoms with Gasteiger partial charge >= 0.3 is 6.18 Å². The van der Waals surface area contributed by atoms with E-state index in [4.69, 9.17) is 0 Å². The molecule has 1 N–H and O–H groups in total. The zero-order chi connectivity index (χ0) is 18.0. The lowest BCUT2D eigenvalue weighted by atomic mass is 10.2. The molecule has 3 rings (SSSR count).